The molecule has 0 saturated carbocycles. The molecule has 0 aromatic rings. The molecule has 0 aromatic heterocycles. The van der Waals surface area contributed by atoms with Crippen molar-refractivity contribution in [2.75, 3.05) is 6.54 Å². The van der Waals surface area contributed by atoms with Gasteiger partial charge in [0, 0.05) is 0 Å². The number of hydrogen-bond donors (Lipinski definition) is 1. The second kappa shape index (κ2) is 4.53. The Hall–Kier alpha value is -0.630. The van der Waals surface area contributed by atoms with E-state index in [4.69, 9.17) is 5.73 Å². The number of carbonyl (C=O) groups excluding carboxylic acids is 1. The van der Waals surface area contributed by atoms with Crippen molar-refractivity contribution in [3.05, 3.63) is 12.2 Å². The number of rotatable bonds is 3. The molecule has 0 rings (SSSR count). The average molecular weight is 113 g/mol. The van der Waals surface area contributed by atoms with Crippen LogP contribution in [0.5, 0.6) is 0 Å². The number of hydrogen-bond acceptors (Lipinski definition) is 2. The first-order chi connectivity index (χ1) is 3.77. The third-order valence-electron chi connectivity index (χ3n) is 0.686. The largest absolute Gasteiger partial charge is 0.330 e. The summed E-state index contributed by atoms with van der Waals surface area (Å²) in [7, 11) is 0. The fraction of sp³-hybridized carbons (Fsp3) is 0.500. The molecule has 0 saturated heterocycles. The zero-order chi connectivity index (χ0) is 6.41. The van der Waals surface area contributed by atoms with Gasteiger partial charge in [-0.3, -0.25) is 4.79 Å². The van der Waals surface area contributed by atoms with Crippen molar-refractivity contribution >= 4 is 5.78 Å². The molecule has 0 fully saturated rings. The quantitative estimate of drug-likeness (QED) is 0.541. The Balaban J connectivity index is 3.20. The van der Waals surface area contributed by atoms with Crippen LogP contribution in [0.2, 0.25) is 0 Å². The minimum atomic E-state index is 0.0819. The Morgan fingerprint density at radius 1 is 1.75 bits per heavy atom. The van der Waals surface area contributed by atoms with E-state index < -0.39 is 0 Å². The number of allylic oxidation sites excluding steroid dienone is 1. The zero-order valence-corrected chi connectivity index (χ0v) is 5.05. The predicted octanol–water partition coefficient (Wildman–Crippen LogP) is 0.480. The van der Waals surface area contributed by atoms with Gasteiger partial charge in [0.15, 0.2) is 5.78 Å². The van der Waals surface area contributed by atoms with E-state index in [0.29, 0.717) is 6.54 Å². The first-order valence-corrected chi connectivity index (χ1v) is 2.64. The van der Waals surface area contributed by atoms with Gasteiger partial charge in [-0.25, -0.2) is 0 Å². The summed E-state index contributed by atoms with van der Waals surface area (Å²) in [6, 6.07) is 0. The summed E-state index contributed by atoms with van der Waals surface area (Å²) in [6.45, 7) is 2.14. The maximum Gasteiger partial charge on any atom is 0.152 e. The standard InChI is InChI=1S/C6H11NO/c1-6(8)4-2-3-5-7/h2,4H,3,5,7H2,1H3. The van der Waals surface area contributed by atoms with Crippen LogP contribution in [0.25, 0.3) is 0 Å². The Morgan fingerprint density at radius 3 is 2.75 bits per heavy atom. The molecule has 8 heavy (non-hydrogen) atoms. The average Bonchev–Trinajstić information content (AvgIpc) is 1.66. The van der Waals surface area contributed by atoms with Crippen molar-refractivity contribution in [2.24, 2.45) is 5.73 Å². The number of carbonyl (C=O) groups is 1. The summed E-state index contributed by atoms with van der Waals surface area (Å²) in [4.78, 5) is 10.2. The first kappa shape index (κ1) is 7.37. The molecule has 0 aromatic carbocycles. The number of nitrogens with two attached hydrogens (primary N) is 1. The minimum Gasteiger partial charge on any atom is -0.330 e. The molecule has 0 aliphatic rings. The van der Waals surface area contributed by atoms with Crippen LogP contribution in [-0.2, 0) is 4.79 Å². The molecule has 46 valence electrons. The van der Waals surface area contributed by atoms with Gasteiger partial charge in [0.1, 0.15) is 0 Å². The second-order valence-electron chi connectivity index (χ2n) is 1.59. The van der Waals surface area contributed by atoms with Crippen molar-refractivity contribution in [3.8, 4) is 0 Å². The molecule has 0 unspecified atom stereocenters. The monoisotopic (exact) mass is 113 g/mol. The van der Waals surface area contributed by atoms with Crippen molar-refractivity contribution in [1.82, 2.24) is 0 Å². The molecule has 0 aliphatic carbocycles. The highest BCUT2D eigenvalue weighted by atomic mass is 16.1. The molecule has 0 bridgehead atoms. The maximum atomic E-state index is 10.2. The zero-order valence-electron chi connectivity index (χ0n) is 5.05. The highest BCUT2D eigenvalue weighted by Crippen LogP contribution is 1.78. The molecule has 2 nitrogen and oxygen atoms in total. The summed E-state index contributed by atoms with van der Waals surface area (Å²) in [5.74, 6) is 0.0819. The smallest absolute Gasteiger partial charge is 0.152 e. The maximum absolute atomic E-state index is 10.2. The molecular weight excluding hydrogens is 102 g/mol. The van der Waals surface area contributed by atoms with Crippen LogP contribution in [0.15, 0.2) is 12.2 Å². The van der Waals surface area contributed by atoms with Crippen LogP contribution in [0, 0.1) is 0 Å². The van der Waals surface area contributed by atoms with Crippen molar-refractivity contribution in [3.63, 3.8) is 0 Å². The van der Waals surface area contributed by atoms with Crippen LogP contribution >= 0.6 is 0 Å². The molecule has 0 spiro atoms. The van der Waals surface area contributed by atoms with Crippen molar-refractivity contribution in [2.45, 2.75) is 13.3 Å². The van der Waals surface area contributed by atoms with E-state index >= 15 is 0 Å². The van der Waals surface area contributed by atoms with Gasteiger partial charge in [-0.15, -0.1) is 0 Å². The highest BCUT2D eigenvalue weighted by Gasteiger charge is 1.78. The molecule has 0 amide bonds. The Bertz CT molecular complexity index is 96.7. The van der Waals surface area contributed by atoms with Crippen LogP contribution in [0.1, 0.15) is 13.3 Å². The SMILES string of the molecule is CC(=O)C=CCCN. The Morgan fingerprint density at radius 2 is 2.38 bits per heavy atom. The molecule has 0 radical (unpaired) electrons. The first-order valence-electron chi connectivity index (χ1n) is 2.64. The fourth-order valence-corrected chi connectivity index (χ4v) is 0.346. The lowest BCUT2D eigenvalue weighted by Gasteiger charge is -1.80. The lowest BCUT2D eigenvalue weighted by molar-refractivity contribution is -0.112. The van der Waals surface area contributed by atoms with Gasteiger partial charge in [0.2, 0.25) is 0 Å². The van der Waals surface area contributed by atoms with Gasteiger partial charge in [0.05, 0.1) is 0 Å². The van der Waals surface area contributed by atoms with Gasteiger partial charge >= 0.3 is 0 Å². The van der Waals surface area contributed by atoms with Gasteiger partial charge in [-0.2, -0.15) is 0 Å². The van der Waals surface area contributed by atoms with Gasteiger partial charge < -0.3 is 5.73 Å². The van der Waals surface area contributed by atoms with E-state index in [0.717, 1.165) is 6.42 Å². The molecule has 2 N–H and O–H groups in total. The van der Waals surface area contributed by atoms with E-state index in [2.05, 4.69) is 0 Å². The normalized spacial score (nSPS) is 10.2. The summed E-state index contributed by atoms with van der Waals surface area (Å²) >= 11 is 0. The molecule has 0 heterocycles. The highest BCUT2D eigenvalue weighted by molar-refractivity contribution is 5.87. The third-order valence-corrected chi connectivity index (χ3v) is 0.686. The topological polar surface area (TPSA) is 43.1 Å². The summed E-state index contributed by atoms with van der Waals surface area (Å²) < 4.78 is 0. The van der Waals surface area contributed by atoms with E-state index in [1.165, 1.54) is 13.0 Å². The molecular formula is C6H11NO. The van der Waals surface area contributed by atoms with Gasteiger partial charge in [-0.05, 0) is 26.0 Å². The van der Waals surface area contributed by atoms with Crippen molar-refractivity contribution < 1.29 is 4.79 Å². The summed E-state index contributed by atoms with van der Waals surface area (Å²) in [5, 5.41) is 0. The van der Waals surface area contributed by atoms with Crippen LogP contribution in [-0.4, -0.2) is 12.3 Å². The van der Waals surface area contributed by atoms with E-state index in [9.17, 15) is 4.79 Å². The molecule has 0 aliphatic heterocycles. The molecule has 2 heteroatoms. The summed E-state index contributed by atoms with van der Waals surface area (Å²) in [5.41, 5.74) is 5.15. The fourth-order valence-electron chi connectivity index (χ4n) is 0.346. The number of ketones is 1. The van der Waals surface area contributed by atoms with Gasteiger partial charge in [-0.1, -0.05) is 6.08 Å². The van der Waals surface area contributed by atoms with Crippen LogP contribution < -0.4 is 5.73 Å². The van der Waals surface area contributed by atoms with E-state index in [-0.39, 0.29) is 5.78 Å². The van der Waals surface area contributed by atoms with E-state index in [1.54, 1.807) is 6.08 Å². The predicted molar refractivity (Wildman–Crippen MR) is 33.5 cm³/mol. The van der Waals surface area contributed by atoms with Crippen LogP contribution in [0.4, 0.5) is 0 Å². The minimum absolute atomic E-state index is 0.0819. The van der Waals surface area contributed by atoms with Crippen LogP contribution in [0.3, 0.4) is 0 Å². The van der Waals surface area contributed by atoms with Crippen molar-refractivity contribution in [1.29, 1.82) is 0 Å². The lowest BCUT2D eigenvalue weighted by atomic mass is 10.3. The second-order valence-corrected chi connectivity index (χ2v) is 1.59. The Labute approximate surface area is 49.4 Å². The third kappa shape index (κ3) is 5.37. The summed E-state index contributed by atoms with van der Waals surface area (Å²) in [6.07, 6.45) is 4.11. The Kier molecular flexibility index (Phi) is 4.17. The molecule has 0 atom stereocenters. The van der Waals surface area contributed by atoms with Gasteiger partial charge in [0.25, 0.3) is 0 Å². The van der Waals surface area contributed by atoms with E-state index in [1.807, 2.05) is 0 Å². The lowest BCUT2D eigenvalue weighted by Crippen LogP contribution is -1.95.